The van der Waals surface area contributed by atoms with E-state index in [9.17, 15) is 0 Å². The Balaban J connectivity index is 1.40. The highest BCUT2D eigenvalue weighted by Gasteiger charge is 2.30. The van der Waals surface area contributed by atoms with Crippen molar-refractivity contribution in [3.05, 3.63) is 82.4 Å². The average Bonchev–Trinajstić information content (AvgIpc) is 3.28. The predicted molar refractivity (Wildman–Crippen MR) is 118 cm³/mol. The summed E-state index contributed by atoms with van der Waals surface area (Å²) < 4.78 is 23.2. The van der Waals surface area contributed by atoms with E-state index in [1.54, 1.807) is 7.11 Å². The van der Waals surface area contributed by atoms with Gasteiger partial charge >= 0.3 is 0 Å². The highest BCUT2D eigenvalue weighted by atomic mass is 16.7. The summed E-state index contributed by atoms with van der Waals surface area (Å²) in [5.74, 6) is 3.28. The zero-order valence-electron chi connectivity index (χ0n) is 17.4. The van der Waals surface area contributed by atoms with Crippen LogP contribution in [0, 0.1) is 0 Å². The number of hydrogen-bond acceptors (Lipinski definition) is 5. The molecule has 0 aromatic heterocycles. The van der Waals surface area contributed by atoms with E-state index in [0.29, 0.717) is 13.4 Å². The minimum Gasteiger partial charge on any atom is -0.493 e. The van der Waals surface area contributed by atoms with Crippen molar-refractivity contribution in [1.82, 2.24) is 4.90 Å². The van der Waals surface area contributed by atoms with Crippen molar-refractivity contribution in [3.8, 4) is 23.0 Å². The van der Waals surface area contributed by atoms with Crippen molar-refractivity contribution in [2.24, 2.45) is 0 Å². The number of rotatable bonds is 4. The van der Waals surface area contributed by atoms with Gasteiger partial charge in [-0.05, 0) is 47.4 Å². The Bertz CT molecular complexity index is 1190. The summed E-state index contributed by atoms with van der Waals surface area (Å²) in [5.41, 5.74) is 7.24. The SMILES string of the molecule is COc1ccc2c(c1OCc1ccccc1)CN1CCc3cc4c(cc3C1=C2)OCO4. The summed E-state index contributed by atoms with van der Waals surface area (Å²) in [5, 5.41) is 0. The van der Waals surface area contributed by atoms with Gasteiger partial charge in [0.1, 0.15) is 6.61 Å². The molecule has 0 spiro atoms. The Morgan fingerprint density at radius 1 is 1.00 bits per heavy atom. The lowest BCUT2D eigenvalue weighted by Gasteiger charge is -2.37. The summed E-state index contributed by atoms with van der Waals surface area (Å²) in [6.07, 6.45) is 3.23. The van der Waals surface area contributed by atoms with Crippen LogP contribution in [-0.2, 0) is 19.6 Å². The molecule has 0 saturated heterocycles. The normalized spacial score (nSPS) is 15.5. The lowest BCUT2D eigenvalue weighted by Crippen LogP contribution is -2.31. The number of nitrogens with zero attached hydrogens (tertiary/aromatic N) is 1. The number of hydrogen-bond donors (Lipinski definition) is 0. The summed E-state index contributed by atoms with van der Waals surface area (Å²) in [6, 6.07) is 18.6. The van der Waals surface area contributed by atoms with Crippen LogP contribution in [0.1, 0.15) is 27.8 Å². The lowest BCUT2D eigenvalue weighted by molar-refractivity contribution is 0.174. The van der Waals surface area contributed by atoms with Crippen LogP contribution in [-0.4, -0.2) is 25.3 Å². The van der Waals surface area contributed by atoms with E-state index in [-0.39, 0.29) is 0 Å². The molecule has 31 heavy (non-hydrogen) atoms. The molecule has 5 heteroatoms. The fourth-order valence-corrected chi connectivity index (χ4v) is 4.62. The molecule has 3 aliphatic heterocycles. The number of methoxy groups -OCH3 is 1. The summed E-state index contributed by atoms with van der Waals surface area (Å²) in [6.45, 7) is 2.55. The molecule has 3 aliphatic rings. The van der Waals surface area contributed by atoms with E-state index in [0.717, 1.165) is 48.1 Å². The second-order valence-corrected chi connectivity index (χ2v) is 8.00. The largest absolute Gasteiger partial charge is 0.493 e. The van der Waals surface area contributed by atoms with Crippen molar-refractivity contribution in [2.45, 2.75) is 19.6 Å². The molecule has 0 fully saturated rings. The van der Waals surface area contributed by atoms with Gasteiger partial charge in [0.2, 0.25) is 6.79 Å². The average molecular weight is 413 g/mol. The van der Waals surface area contributed by atoms with Crippen LogP contribution >= 0.6 is 0 Å². The molecule has 0 bridgehead atoms. The Labute approximate surface area is 181 Å². The van der Waals surface area contributed by atoms with Crippen molar-refractivity contribution in [1.29, 1.82) is 0 Å². The summed E-state index contributed by atoms with van der Waals surface area (Å²) in [4.78, 5) is 2.42. The number of benzene rings is 3. The minimum atomic E-state index is 0.297. The van der Waals surface area contributed by atoms with Crippen LogP contribution in [0.25, 0.3) is 11.8 Å². The van der Waals surface area contributed by atoms with Gasteiger partial charge in [-0.3, -0.25) is 0 Å². The van der Waals surface area contributed by atoms with Gasteiger partial charge in [-0.25, -0.2) is 0 Å². The molecule has 0 aliphatic carbocycles. The van der Waals surface area contributed by atoms with Crippen molar-refractivity contribution >= 4 is 11.8 Å². The van der Waals surface area contributed by atoms with Gasteiger partial charge in [0.15, 0.2) is 23.0 Å². The number of fused-ring (bicyclic) bond motifs is 5. The fraction of sp³-hybridized carbons (Fsp3) is 0.231. The van der Waals surface area contributed by atoms with Crippen molar-refractivity contribution < 1.29 is 18.9 Å². The molecule has 0 radical (unpaired) electrons. The van der Waals surface area contributed by atoms with Crippen LogP contribution in [0.15, 0.2) is 54.6 Å². The smallest absolute Gasteiger partial charge is 0.231 e. The highest BCUT2D eigenvalue weighted by Crippen LogP contribution is 2.45. The Morgan fingerprint density at radius 3 is 2.68 bits per heavy atom. The third-order valence-electron chi connectivity index (χ3n) is 6.21. The molecule has 3 aromatic rings. The molecule has 0 saturated carbocycles. The van der Waals surface area contributed by atoms with E-state index < -0.39 is 0 Å². The third-order valence-corrected chi connectivity index (χ3v) is 6.21. The van der Waals surface area contributed by atoms with Crippen molar-refractivity contribution in [2.75, 3.05) is 20.4 Å². The molecule has 3 heterocycles. The maximum Gasteiger partial charge on any atom is 0.231 e. The van der Waals surface area contributed by atoms with Gasteiger partial charge in [0.05, 0.1) is 7.11 Å². The van der Waals surface area contributed by atoms with E-state index in [1.807, 2.05) is 24.3 Å². The molecule has 0 atom stereocenters. The van der Waals surface area contributed by atoms with Gasteiger partial charge in [-0.1, -0.05) is 36.4 Å². The van der Waals surface area contributed by atoms with Gasteiger partial charge in [-0.15, -0.1) is 0 Å². The lowest BCUT2D eigenvalue weighted by atomic mass is 9.90. The van der Waals surface area contributed by atoms with Gasteiger partial charge < -0.3 is 23.8 Å². The summed E-state index contributed by atoms with van der Waals surface area (Å²) >= 11 is 0. The molecule has 0 unspecified atom stereocenters. The first-order valence-electron chi connectivity index (χ1n) is 10.6. The fourth-order valence-electron chi connectivity index (χ4n) is 4.62. The van der Waals surface area contributed by atoms with Gasteiger partial charge in [0.25, 0.3) is 0 Å². The molecular formula is C26H23NO4. The minimum absolute atomic E-state index is 0.297. The predicted octanol–water partition coefficient (Wildman–Crippen LogP) is 4.87. The van der Waals surface area contributed by atoms with Gasteiger partial charge in [-0.2, -0.15) is 0 Å². The Hall–Kier alpha value is -3.60. The zero-order chi connectivity index (χ0) is 20.8. The van der Waals surface area contributed by atoms with Crippen LogP contribution in [0.2, 0.25) is 0 Å². The number of ether oxygens (including phenoxy) is 4. The second kappa shape index (κ2) is 7.27. The van der Waals surface area contributed by atoms with E-state index in [2.05, 4.69) is 41.3 Å². The van der Waals surface area contributed by atoms with E-state index >= 15 is 0 Å². The van der Waals surface area contributed by atoms with Crippen molar-refractivity contribution in [3.63, 3.8) is 0 Å². The maximum atomic E-state index is 6.30. The third kappa shape index (κ3) is 3.08. The van der Waals surface area contributed by atoms with E-state index in [4.69, 9.17) is 18.9 Å². The monoisotopic (exact) mass is 413 g/mol. The molecule has 156 valence electrons. The quantitative estimate of drug-likeness (QED) is 0.610. The van der Waals surface area contributed by atoms with Crippen LogP contribution in [0.3, 0.4) is 0 Å². The topological polar surface area (TPSA) is 40.2 Å². The molecule has 6 rings (SSSR count). The molecule has 3 aromatic carbocycles. The Kier molecular flexibility index (Phi) is 4.27. The zero-order valence-corrected chi connectivity index (χ0v) is 17.4. The Morgan fingerprint density at radius 2 is 1.84 bits per heavy atom. The first-order valence-corrected chi connectivity index (χ1v) is 10.6. The highest BCUT2D eigenvalue weighted by molar-refractivity contribution is 5.87. The van der Waals surface area contributed by atoms with Gasteiger partial charge in [0, 0.05) is 29.9 Å². The summed E-state index contributed by atoms with van der Waals surface area (Å²) in [7, 11) is 1.70. The van der Waals surface area contributed by atoms with Crippen LogP contribution < -0.4 is 18.9 Å². The molecular weight excluding hydrogens is 390 g/mol. The standard InChI is InChI=1S/C26H23NO4/c1-28-23-8-7-18-11-22-20-13-25-24(30-16-31-25)12-19(20)9-10-27(22)14-21(18)26(23)29-15-17-5-3-2-4-6-17/h2-8,11-13H,9-10,14-16H2,1H3. The van der Waals surface area contributed by atoms with E-state index in [1.165, 1.54) is 28.0 Å². The maximum absolute atomic E-state index is 6.30. The van der Waals surface area contributed by atoms with Crippen LogP contribution in [0.4, 0.5) is 0 Å². The molecule has 5 nitrogen and oxygen atoms in total. The molecule has 0 N–H and O–H groups in total. The second-order valence-electron chi connectivity index (χ2n) is 8.00. The first kappa shape index (κ1) is 18.2. The van der Waals surface area contributed by atoms with Crippen LogP contribution in [0.5, 0.6) is 23.0 Å². The molecule has 0 amide bonds. The first-order chi connectivity index (χ1) is 15.3.